The molecule has 0 saturated heterocycles. The first-order valence-electron chi connectivity index (χ1n) is 7.16. The van der Waals surface area contributed by atoms with E-state index in [4.69, 9.17) is 11.6 Å². The molecule has 1 amide bonds. The third-order valence-electron chi connectivity index (χ3n) is 3.06. The minimum atomic E-state index is -0.268. The van der Waals surface area contributed by atoms with Crippen molar-refractivity contribution in [3.8, 4) is 0 Å². The Labute approximate surface area is 135 Å². The summed E-state index contributed by atoms with van der Waals surface area (Å²) in [6, 6.07) is 6.98. The SMILES string of the molecule is CCCNc1nc(C)cc(C(=O)Nc2ccc(Cl)cc2C)n1. The average Bonchev–Trinajstić information content (AvgIpc) is 2.47. The quantitative estimate of drug-likeness (QED) is 0.879. The molecule has 0 aliphatic rings. The molecule has 2 N–H and O–H groups in total. The first kappa shape index (κ1) is 16.2. The van der Waals surface area contributed by atoms with Gasteiger partial charge in [-0.2, -0.15) is 0 Å². The van der Waals surface area contributed by atoms with E-state index in [1.54, 1.807) is 24.3 Å². The topological polar surface area (TPSA) is 66.9 Å². The van der Waals surface area contributed by atoms with Crippen molar-refractivity contribution < 1.29 is 4.79 Å². The maximum absolute atomic E-state index is 12.4. The van der Waals surface area contributed by atoms with Crippen LogP contribution in [0.4, 0.5) is 11.6 Å². The molecule has 0 aliphatic carbocycles. The smallest absolute Gasteiger partial charge is 0.274 e. The molecule has 22 heavy (non-hydrogen) atoms. The highest BCUT2D eigenvalue weighted by atomic mass is 35.5. The number of carbonyl (C=O) groups excluding carboxylic acids is 1. The summed E-state index contributed by atoms with van der Waals surface area (Å²) in [7, 11) is 0. The molecule has 1 heterocycles. The van der Waals surface area contributed by atoms with E-state index >= 15 is 0 Å². The summed E-state index contributed by atoms with van der Waals surface area (Å²) in [5, 5.41) is 6.58. The zero-order valence-electron chi connectivity index (χ0n) is 12.9. The summed E-state index contributed by atoms with van der Waals surface area (Å²) in [5.74, 6) is 0.204. The lowest BCUT2D eigenvalue weighted by Crippen LogP contribution is -2.17. The number of nitrogens with one attached hydrogen (secondary N) is 2. The summed E-state index contributed by atoms with van der Waals surface area (Å²) >= 11 is 5.92. The summed E-state index contributed by atoms with van der Waals surface area (Å²) < 4.78 is 0. The fraction of sp³-hybridized carbons (Fsp3) is 0.312. The predicted molar refractivity (Wildman–Crippen MR) is 89.7 cm³/mol. The molecule has 0 aliphatic heterocycles. The van der Waals surface area contributed by atoms with Crippen molar-refractivity contribution >= 4 is 29.1 Å². The van der Waals surface area contributed by atoms with E-state index in [0.29, 0.717) is 22.4 Å². The van der Waals surface area contributed by atoms with Crippen LogP contribution in [0.2, 0.25) is 5.02 Å². The van der Waals surface area contributed by atoms with E-state index in [-0.39, 0.29) is 5.91 Å². The number of anilines is 2. The van der Waals surface area contributed by atoms with Crippen LogP contribution >= 0.6 is 11.6 Å². The number of amides is 1. The minimum absolute atomic E-state index is 0.268. The van der Waals surface area contributed by atoms with Crippen molar-refractivity contribution in [1.29, 1.82) is 0 Å². The van der Waals surface area contributed by atoms with Gasteiger partial charge in [-0.1, -0.05) is 18.5 Å². The molecule has 2 rings (SSSR count). The lowest BCUT2D eigenvalue weighted by molar-refractivity contribution is 0.102. The molecular formula is C16H19ClN4O. The maximum Gasteiger partial charge on any atom is 0.274 e. The van der Waals surface area contributed by atoms with Gasteiger partial charge in [0.1, 0.15) is 5.69 Å². The first-order valence-corrected chi connectivity index (χ1v) is 7.54. The van der Waals surface area contributed by atoms with Crippen LogP contribution in [0.25, 0.3) is 0 Å². The number of carbonyl (C=O) groups is 1. The van der Waals surface area contributed by atoms with Crippen LogP contribution in [0, 0.1) is 13.8 Å². The van der Waals surface area contributed by atoms with Crippen molar-refractivity contribution in [3.63, 3.8) is 0 Å². The zero-order chi connectivity index (χ0) is 16.1. The molecular weight excluding hydrogens is 300 g/mol. The van der Waals surface area contributed by atoms with Crippen molar-refractivity contribution in [1.82, 2.24) is 9.97 Å². The van der Waals surface area contributed by atoms with E-state index in [0.717, 1.165) is 24.2 Å². The summed E-state index contributed by atoms with van der Waals surface area (Å²) in [4.78, 5) is 20.9. The number of hydrogen-bond donors (Lipinski definition) is 2. The van der Waals surface area contributed by atoms with E-state index in [1.807, 2.05) is 13.8 Å². The fourth-order valence-electron chi connectivity index (χ4n) is 1.95. The molecule has 1 aromatic carbocycles. The molecule has 0 spiro atoms. The van der Waals surface area contributed by atoms with Gasteiger partial charge in [-0.05, 0) is 50.1 Å². The highest BCUT2D eigenvalue weighted by molar-refractivity contribution is 6.30. The van der Waals surface area contributed by atoms with Crippen molar-refractivity contribution in [3.05, 3.63) is 46.2 Å². The van der Waals surface area contributed by atoms with Crippen LogP contribution in [-0.4, -0.2) is 22.4 Å². The molecule has 5 nitrogen and oxygen atoms in total. The van der Waals surface area contributed by atoms with Gasteiger partial charge in [0.15, 0.2) is 0 Å². The van der Waals surface area contributed by atoms with Crippen molar-refractivity contribution in [2.45, 2.75) is 27.2 Å². The lowest BCUT2D eigenvalue weighted by atomic mass is 10.2. The van der Waals surface area contributed by atoms with Gasteiger partial charge in [-0.25, -0.2) is 9.97 Å². The van der Waals surface area contributed by atoms with Crippen molar-refractivity contribution in [2.75, 3.05) is 17.2 Å². The Morgan fingerprint density at radius 2 is 2.00 bits per heavy atom. The van der Waals surface area contributed by atoms with Crippen LogP contribution in [0.3, 0.4) is 0 Å². The number of aryl methyl sites for hydroxylation is 2. The van der Waals surface area contributed by atoms with Gasteiger partial charge < -0.3 is 10.6 Å². The Bertz CT molecular complexity index is 688. The Balaban J connectivity index is 2.20. The van der Waals surface area contributed by atoms with Gasteiger partial charge in [-0.3, -0.25) is 4.79 Å². The average molecular weight is 319 g/mol. The van der Waals surface area contributed by atoms with E-state index in [9.17, 15) is 4.79 Å². The monoisotopic (exact) mass is 318 g/mol. The largest absolute Gasteiger partial charge is 0.354 e. The Kier molecular flexibility index (Phi) is 5.33. The van der Waals surface area contributed by atoms with Gasteiger partial charge in [0.25, 0.3) is 5.91 Å². The first-order chi connectivity index (χ1) is 10.5. The summed E-state index contributed by atoms with van der Waals surface area (Å²) in [6.45, 7) is 6.55. The predicted octanol–water partition coefficient (Wildman–Crippen LogP) is 3.82. The van der Waals surface area contributed by atoms with Gasteiger partial charge in [0.2, 0.25) is 5.95 Å². The van der Waals surface area contributed by atoms with Crippen molar-refractivity contribution in [2.24, 2.45) is 0 Å². The van der Waals surface area contributed by atoms with Crippen LogP contribution < -0.4 is 10.6 Å². The number of hydrogen-bond acceptors (Lipinski definition) is 4. The Hall–Kier alpha value is -2.14. The Morgan fingerprint density at radius 1 is 1.23 bits per heavy atom. The molecule has 0 radical (unpaired) electrons. The minimum Gasteiger partial charge on any atom is -0.354 e. The highest BCUT2D eigenvalue weighted by Gasteiger charge is 2.12. The Morgan fingerprint density at radius 3 is 2.68 bits per heavy atom. The molecule has 1 aromatic heterocycles. The number of halogens is 1. The van der Waals surface area contributed by atoms with Gasteiger partial charge in [-0.15, -0.1) is 0 Å². The second-order valence-corrected chi connectivity index (χ2v) is 5.49. The molecule has 0 atom stereocenters. The van der Waals surface area contributed by atoms with Crippen LogP contribution in [0.5, 0.6) is 0 Å². The van der Waals surface area contributed by atoms with Gasteiger partial charge >= 0.3 is 0 Å². The normalized spacial score (nSPS) is 10.4. The van der Waals surface area contributed by atoms with E-state index in [2.05, 4.69) is 27.5 Å². The zero-order valence-corrected chi connectivity index (χ0v) is 13.7. The molecule has 2 aromatic rings. The van der Waals surface area contributed by atoms with E-state index < -0.39 is 0 Å². The molecule has 116 valence electrons. The highest BCUT2D eigenvalue weighted by Crippen LogP contribution is 2.20. The standard InChI is InChI=1S/C16H19ClN4O/c1-4-7-18-16-19-11(3)9-14(21-16)15(22)20-13-6-5-12(17)8-10(13)2/h5-6,8-9H,4,7H2,1-3H3,(H,20,22)(H,18,19,21). The second kappa shape index (κ2) is 7.22. The molecule has 0 unspecified atom stereocenters. The second-order valence-electron chi connectivity index (χ2n) is 5.06. The van der Waals surface area contributed by atoms with Crippen LogP contribution in [0.15, 0.2) is 24.3 Å². The van der Waals surface area contributed by atoms with E-state index in [1.165, 1.54) is 0 Å². The maximum atomic E-state index is 12.4. The number of rotatable bonds is 5. The summed E-state index contributed by atoms with van der Waals surface area (Å²) in [5.41, 5.74) is 2.69. The number of nitrogens with zero attached hydrogens (tertiary/aromatic N) is 2. The molecule has 6 heteroatoms. The van der Waals surface area contributed by atoms with Gasteiger partial charge in [0, 0.05) is 22.9 Å². The number of aromatic nitrogens is 2. The summed E-state index contributed by atoms with van der Waals surface area (Å²) in [6.07, 6.45) is 0.961. The molecule has 0 saturated carbocycles. The van der Waals surface area contributed by atoms with Gasteiger partial charge in [0.05, 0.1) is 0 Å². The van der Waals surface area contributed by atoms with Crippen LogP contribution in [-0.2, 0) is 0 Å². The molecule has 0 bridgehead atoms. The third kappa shape index (κ3) is 4.18. The fourth-order valence-corrected chi connectivity index (χ4v) is 2.18. The molecule has 0 fully saturated rings. The number of benzene rings is 1. The lowest BCUT2D eigenvalue weighted by Gasteiger charge is -2.10. The van der Waals surface area contributed by atoms with Crippen LogP contribution in [0.1, 0.15) is 35.1 Å². The third-order valence-corrected chi connectivity index (χ3v) is 3.29.